The van der Waals surface area contributed by atoms with E-state index in [1.807, 2.05) is 0 Å². The Morgan fingerprint density at radius 1 is 0.444 bits per heavy atom. The monoisotopic (exact) mass is 522 g/mol. The fourth-order valence-corrected chi connectivity index (χ4v) is 14.5. The molecule has 0 aromatic heterocycles. The van der Waals surface area contributed by atoms with Gasteiger partial charge in [0.05, 0.1) is 0 Å². The summed E-state index contributed by atoms with van der Waals surface area (Å²) < 4.78 is 0. The molecule has 2 heteroatoms. The van der Waals surface area contributed by atoms with Crippen LogP contribution in [0.15, 0.2) is 24.3 Å². The largest absolute Gasteiger partial charge is 0.138 e. The Morgan fingerprint density at radius 3 is 0.917 bits per heavy atom. The third-order valence-electron chi connectivity index (χ3n) is 7.91. The Morgan fingerprint density at radius 2 is 0.694 bits per heavy atom. The lowest BCUT2D eigenvalue weighted by atomic mass is 10.1. The topological polar surface area (TPSA) is 0 Å². The van der Waals surface area contributed by atoms with Crippen LogP contribution in [0.3, 0.4) is 0 Å². The molecule has 0 bridgehead atoms. The number of rotatable bonds is 18. The minimum absolute atomic E-state index is 1.19. The van der Waals surface area contributed by atoms with Gasteiger partial charge in [-0.1, -0.05) is 143 Å². The van der Waals surface area contributed by atoms with E-state index >= 15 is 0 Å². The lowest BCUT2D eigenvalue weighted by Crippen LogP contribution is -2.32. The quantitative estimate of drug-likeness (QED) is 0.133. The minimum atomic E-state index is -1.58. The second-order valence-electron chi connectivity index (χ2n) is 11.2. The normalized spacial score (nSPS) is 11.5. The molecule has 0 saturated heterocycles. The highest BCUT2D eigenvalue weighted by molar-refractivity contribution is 6.87. The van der Waals surface area contributed by atoms with Gasteiger partial charge < -0.3 is 0 Å². The van der Waals surface area contributed by atoms with Crippen LogP contribution >= 0.6 is 0 Å². The van der Waals surface area contributed by atoms with E-state index in [0.29, 0.717) is 0 Å². The maximum Gasteiger partial charge on any atom is 0.138 e. The van der Waals surface area contributed by atoms with Crippen LogP contribution in [0.2, 0.25) is 36.3 Å². The zero-order valence-corrected chi connectivity index (χ0v) is 27.0. The minimum Gasteiger partial charge on any atom is -0.126 e. The van der Waals surface area contributed by atoms with Crippen molar-refractivity contribution in [2.75, 3.05) is 0 Å². The van der Waals surface area contributed by atoms with Crippen molar-refractivity contribution in [3.63, 3.8) is 0 Å². The summed E-state index contributed by atoms with van der Waals surface area (Å²) in [7, 11) is -3.15. The molecule has 1 aromatic rings. The molecular weight excluding hydrogens is 465 g/mol. The van der Waals surface area contributed by atoms with Crippen molar-refractivity contribution in [2.24, 2.45) is 0 Å². The second kappa shape index (κ2) is 19.8. The molecule has 0 saturated carbocycles. The Labute approximate surface area is 228 Å². The fraction of sp³-hybridized carbons (Fsp3) is 0.706. The van der Waals surface area contributed by atoms with Crippen molar-refractivity contribution in [3.05, 3.63) is 35.4 Å². The first-order valence-corrected chi connectivity index (χ1v) is 20.9. The van der Waals surface area contributed by atoms with E-state index < -0.39 is 16.1 Å². The van der Waals surface area contributed by atoms with Crippen LogP contribution in [-0.4, -0.2) is 16.1 Å². The highest BCUT2D eigenvalue weighted by Crippen LogP contribution is 2.29. The third kappa shape index (κ3) is 12.3. The first-order chi connectivity index (χ1) is 17.5. The summed E-state index contributed by atoms with van der Waals surface area (Å²) in [4.78, 5) is 0. The van der Waals surface area contributed by atoms with Gasteiger partial charge in [0.15, 0.2) is 0 Å². The summed E-state index contributed by atoms with van der Waals surface area (Å²) in [5.41, 5.74) is 10.4. The van der Waals surface area contributed by atoms with Crippen LogP contribution in [0.4, 0.5) is 0 Å². The average molecular weight is 523 g/mol. The highest BCUT2D eigenvalue weighted by atomic mass is 28.3. The van der Waals surface area contributed by atoms with Crippen LogP contribution in [0, 0.1) is 22.9 Å². The van der Waals surface area contributed by atoms with Crippen LogP contribution in [0.25, 0.3) is 0 Å². The van der Waals surface area contributed by atoms with E-state index in [1.165, 1.54) is 124 Å². The van der Waals surface area contributed by atoms with Crippen molar-refractivity contribution >= 4 is 16.1 Å². The number of benzene rings is 1. The highest BCUT2D eigenvalue weighted by Gasteiger charge is 2.30. The molecule has 0 nitrogen and oxygen atoms in total. The average Bonchev–Trinajstić information content (AvgIpc) is 2.92. The van der Waals surface area contributed by atoms with E-state index in [4.69, 9.17) is 0 Å². The first kappa shape index (κ1) is 32.8. The van der Waals surface area contributed by atoms with E-state index in [0.717, 1.165) is 0 Å². The van der Waals surface area contributed by atoms with Gasteiger partial charge in [0, 0.05) is 11.1 Å². The van der Waals surface area contributed by atoms with E-state index in [2.05, 4.69) is 88.7 Å². The smallest absolute Gasteiger partial charge is 0.126 e. The lowest BCUT2D eigenvalue weighted by Gasteiger charge is -2.26. The molecule has 36 heavy (non-hydrogen) atoms. The Bertz CT molecular complexity index is 704. The number of hydrogen-bond donors (Lipinski definition) is 0. The molecule has 202 valence electrons. The zero-order chi connectivity index (χ0) is 26.5. The van der Waals surface area contributed by atoms with E-state index in [9.17, 15) is 0 Å². The number of unbranched alkanes of at least 4 members (excludes halogenated alkanes) is 6. The van der Waals surface area contributed by atoms with Gasteiger partial charge in [0.25, 0.3) is 0 Å². The summed E-state index contributed by atoms with van der Waals surface area (Å²) in [5.74, 6) is 7.54. The van der Waals surface area contributed by atoms with Crippen LogP contribution in [0.1, 0.15) is 130 Å². The molecule has 0 atom stereocenters. The summed E-state index contributed by atoms with van der Waals surface area (Å²) in [5, 5.41) is 0. The second-order valence-corrected chi connectivity index (χ2v) is 19.8. The molecule has 0 spiro atoms. The van der Waals surface area contributed by atoms with Gasteiger partial charge >= 0.3 is 0 Å². The van der Waals surface area contributed by atoms with Crippen LogP contribution < -0.4 is 0 Å². The maximum absolute atomic E-state index is 4.03. The predicted molar refractivity (Wildman–Crippen MR) is 170 cm³/mol. The summed E-state index contributed by atoms with van der Waals surface area (Å²) >= 11 is 0. The molecule has 0 radical (unpaired) electrons. The van der Waals surface area contributed by atoms with Crippen molar-refractivity contribution < 1.29 is 0 Å². The molecule has 0 fully saturated rings. The van der Waals surface area contributed by atoms with Crippen LogP contribution in [0.5, 0.6) is 0 Å². The van der Waals surface area contributed by atoms with E-state index in [1.54, 1.807) is 0 Å². The molecule has 0 amide bonds. The maximum atomic E-state index is 4.03. The van der Waals surface area contributed by atoms with Gasteiger partial charge in [-0.15, -0.1) is 11.1 Å². The van der Waals surface area contributed by atoms with Crippen LogP contribution in [-0.2, 0) is 0 Å². The first-order valence-electron chi connectivity index (χ1n) is 15.7. The standard InChI is InChI=1S/C34H58Si2/c1-7-13-25-35(26-14-8-2,27-15-9-3)31-23-33-21-19-20-22-34(33)24-32-36(28-16-10-4,29-17-11-5)30-18-12-6/h19-22H,7-18,25-30H2,1-6H3. The van der Waals surface area contributed by atoms with Crippen molar-refractivity contribution in [2.45, 2.75) is 155 Å². The molecule has 0 aliphatic carbocycles. The van der Waals surface area contributed by atoms with Crippen molar-refractivity contribution in [1.29, 1.82) is 0 Å². The molecule has 0 aliphatic heterocycles. The third-order valence-corrected chi connectivity index (χ3v) is 17.1. The molecule has 0 aliphatic rings. The zero-order valence-electron chi connectivity index (χ0n) is 25.0. The molecule has 0 N–H and O–H groups in total. The van der Waals surface area contributed by atoms with E-state index in [-0.39, 0.29) is 0 Å². The molecular formula is C34H58Si2. The fourth-order valence-electron chi connectivity index (χ4n) is 5.32. The SMILES string of the molecule is CCCC[Si](C#Cc1ccccc1C#C[Si](CCCC)(CCCC)CCCC)(CCCC)CCCC. The Kier molecular flexibility index (Phi) is 18.1. The van der Waals surface area contributed by atoms with Gasteiger partial charge in [-0.05, 0) is 48.4 Å². The van der Waals surface area contributed by atoms with Gasteiger partial charge in [0.1, 0.15) is 16.1 Å². The summed E-state index contributed by atoms with van der Waals surface area (Å²) in [6.07, 6.45) is 15.8. The molecule has 1 rings (SSSR count). The van der Waals surface area contributed by atoms with Gasteiger partial charge in [-0.25, -0.2) is 0 Å². The summed E-state index contributed by atoms with van der Waals surface area (Å²) in [6, 6.07) is 17.1. The van der Waals surface area contributed by atoms with Gasteiger partial charge in [-0.3, -0.25) is 0 Å². The molecule has 0 unspecified atom stereocenters. The van der Waals surface area contributed by atoms with Crippen molar-refractivity contribution in [3.8, 4) is 22.9 Å². The number of hydrogen-bond acceptors (Lipinski definition) is 0. The lowest BCUT2D eigenvalue weighted by molar-refractivity contribution is 0.802. The summed E-state index contributed by atoms with van der Waals surface area (Å²) in [6.45, 7) is 14.0. The predicted octanol–water partition coefficient (Wildman–Crippen LogP) is 11.2. The van der Waals surface area contributed by atoms with Crippen molar-refractivity contribution in [1.82, 2.24) is 0 Å². The molecule has 1 aromatic carbocycles. The molecule has 0 heterocycles. The van der Waals surface area contributed by atoms with Gasteiger partial charge in [-0.2, -0.15) is 0 Å². The Balaban J connectivity index is 3.42. The Hall–Kier alpha value is -1.23. The van der Waals surface area contributed by atoms with Gasteiger partial charge in [0.2, 0.25) is 0 Å².